The van der Waals surface area contributed by atoms with Crippen LogP contribution in [0.25, 0.3) is 5.69 Å². The van der Waals surface area contributed by atoms with E-state index in [0.29, 0.717) is 12.0 Å². The number of aromatic nitrogens is 1. The summed E-state index contributed by atoms with van der Waals surface area (Å²) < 4.78 is 13.7. The van der Waals surface area contributed by atoms with Gasteiger partial charge in [0.25, 0.3) is 5.91 Å². The van der Waals surface area contributed by atoms with Gasteiger partial charge in [0.05, 0.1) is 31.5 Å². The van der Waals surface area contributed by atoms with E-state index in [0.717, 1.165) is 99.8 Å². The Labute approximate surface area is 225 Å². The molecule has 0 spiro atoms. The van der Waals surface area contributed by atoms with E-state index in [2.05, 4.69) is 28.6 Å². The van der Waals surface area contributed by atoms with Crippen molar-refractivity contribution in [3.63, 3.8) is 0 Å². The molecule has 2 heterocycles. The van der Waals surface area contributed by atoms with Gasteiger partial charge in [0.1, 0.15) is 0 Å². The molecule has 38 heavy (non-hydrogen) atoms. The van der Waals surface area contributed by atoms with Gasteiger partial charge in [0.2, 0.25) is 0 Å². The molecule has 1 saturated carbocycles. The van der Waals surface area contributed by atoms with Crippen LogP contribution in [-0.2, 0) is 15.9 Å². The molecule has 0 radical (unpaired) electrons. The molecule has 3 N–H and O–H groups in total. The number of aryl methyl sites for hydroxylation is 1. The molecule has 0 unspecified atom stereocenters. The number of anilines is 1. The molecule has 2 aromatic rings. The monoisotopic (exact) mass is 522 g/mol. The summed E-state index contributed by atoms with van der Waals surface area (Å²) in [7, 11) is 0. The van der Waals surface area contributed by atoms with Crippen molar-refractivity contribution in [3.05, 3.63) is 46.8 Å². The second-order valence-corrected chi connectivity index (χ2v) is 12.0. The smallest absolute Gasteiger partial charge is 0.250 e. The van der Waals surface area contributed by atoms with Crippen LogP contribution in [-0.4, -0.2) is 72.8 Å². The lowest BCUT2D eigenvalue weighted by Gasteiger charge is -2.32. The quantitative estimate of drug-likeness (QED) is 0.541. The van der Waals surface area contributed by atoms with Gasteiger partial charge in [-0.15, -0.1) is 0 Å². The van der Waals surface area contributed by atoms with E-state index < -0.39 is 5.91 Å². The number of primary amides is 1. The third-order valence-electron chi connectivity index (χ3n) is 8.31. The number of ketones is 1. The molecule has 2 aliphatic carbocycles. The summed E-state index contributed by atoms with van der Waals surface area (Å²) in [5.41, 5.74) is 10.8. The lowest BCUT2D eigenvalue weighted by Crippen LogP contribution is -2.39. The van der Waals surface area contributed by atoms with Crippen LogP contribution in [0.2, 0.25) is 0 Å². The van der Waals surface area contributed by atoms with Crippen LogP contribution >= 0.6 is 0 Å². The molecule has 8 heteroatoms. The highest BCUT2D eigenvalue weighted by molar-refractivity contribution is 6.01. The summed E-state index contributed by atoms with van der Waals surface area (Å²) in [6.07, 6.45) is 7.67. The number of ether oxygens (including phenoxy) is 2. The minimum Gasteiger partial charge on any atom is -0.382 e. The normalized spacial score (nSPS) is 23.7. The molecule has 2 fully saturated rings. The second kappa shape index (κ2) is 11.2. The van der Waals surface area contributed by atoms with Gasteiger partial charge in [-0.2, -0.15) is 0 Å². The summed E-state index contributed by atoms with van der Waals surface area (Å²) in [5, 5.41) is 3.62. The largest absolute Gasteiger partial charge is 0.382 e. The minimum absolute atomic E-state index is 0.0796. The molecule has 206 valence electrons. The van der Waals surface area contributed by atoms with Gasteiger partial charge in [0.15, 0.2) is 5.78 Å². The van der Waals surface area contributed by atoms with E-state index in [-0.39, 0.29) is 23.3 Å². The molecule has 1 aromatic heterocycles. The van der Waals surface area contributed by atoms with Crippen LogP contribution in [0.15, 0.2) is 24.4 Å². The maximum atomic E-state index is 12.9. The molecule has 5 rings (SSSR count). The second-order valence-electron chi connectivity index (χ2n) is 12.0. The van der Waals surface area contributed by atoms with Crippen LogP contribution in [0.4, 0.5) is 5.69 Å². The fraction of sp³-hybridized carbons (Fsp3) is 0.600. The van der Waals surface area contributed by atoms with E-state index in [9.17, 15) is 9.59 Å². The highest BCUT2D eigenvalue weighted by Gasteiger charge is 2.35. The van der Waals surface area contributed by atoms with Crippen molar-refractivity contribution in [1.82, 2.24) is 9.47 Å². The number of rotatable bonds is 8. The van der Waals surface area contributed by atoms with Gasteiger partial charge in [-0.05, 0) is 68.2 Å². The summed E-state index contributed by atoms with van der Waals surface area (Å²) >= 11 is 0. The van der Waals surface area contributed by atoms with Crippen LogP contribution in [0, 0.1) is 12.3 Å². The Kier molecular flexibility index (Phi) is 7.93. The number of benzene rings is 1. The van der Waals surface area contributed by atoms with E-state index in [1.165, 1.54) is 0 Å². The van der Waals surface area contributed by atoms with E-state index >= 15 is 0 Å². The highest BCUT2D eigenvalue weighted by atomic mass is 16.5. The zero-order chi connectivity index (χ0) is 26.9. The first-order chi connectivity index (χ1) is 18.2. The Balaban J connectivity index is 1.26. The fourth-order valence-corrected chi connectivity index (χ4v) is 6.29. The van der Waals surface area contributed by atoms with Crippen molar-refractivity contribution in [2.75, 3.05) is 44.8 Å². The van der Waals surface area contributed by atoms with Gasteiger partial charge in [-0.1, -0.05) is 13.8 Å². The maximum Gasteiger partial charge on any atom is 0.250 e. The van der Waals surface area contributed by atoms with E-state index in [1.807, 2.05) is 25.3 Å². The molecule has 0 atom stereocenters. The summed E-state index contributed by atoms with van der Waals surface area (Å²) in [6.45, 7) is 11.6. The molecule has 3 aliphatic rings. The SMILES string of the molecule is Cc1cn(-c2ccc(C(N)=O)c(N[C@H]3CC[C@H](OCCN4CCOCC4)CC3)c2)c2c1C(=O)CC(C)(C)C2. The highest BCUT2D eigenvalue weighted by Crippen LogP contribution is 2.38. The van der Waals surface area contributed by atoms with Gasteiger partial charge in [-0.25, -0.2) is 0 Å². The number of hydrogen-bond acceptors (Lipinski definition) is 6. The Bertz CT molecular complexity index is 1170. The van der Waals surface area contributed by atoms with Crippen LogP contribution in [0.1, 0.15) is 77.9 Å². The molecular weight excluding hydrogens is 480 g/mol. The zero-order valence-corrected chi connectivity index (χ0v) is 23.1. The molecule has 1 aromatic carbocycles. The Morgan fingerprint density at radius 3 is 2.61 bits per heavy atom. The summed E-state index contributed by atoms with van der Waals surface area (Å²) in [4.78, 5) is 27.6. The van der Waals surface area contributed by atoms with Gasteiger partial charge in [0, 0.05) is 60.9 Å². The number of hydrogen-bond donors (Lipinski definition) is 2. The number of nitrogens with two attached hydrogens (primary N) is 1. The Morgan fingerprint density at radius 1 is 1.16 bits per heavy atom. The first-order valence-electron chi connectivity index (χ1n) is 14.1. The number of morpholine rings is 1. The third-order valence-corrected chi connectivity index (χ3v) is 8.31. The fourth-order valence-electron chi connectivity index (χ4n) is 6.29. The Morgan fingerprint density at radius 2 is 1.89 bits per heavy atom. The van der Waals surface area contributed by atoms with Crippen molar-refractivity contribution in [1.29, 1.82) is 0 Å². The summed E-state index contributed by atoms with van der Waals surface area (Å²) in [5.74, 6) is -0.232. The number of nitrogens with one attached hydrogen (secondary N) is 1. The number of carbonyl (C=O) groups is 2. The van der Waals surface area contributed by atoms with Gasteiger partial charge >= 0.3 is 0 Å². The maximum absolute atomic E-state index is 12.9. The average Bonchev–Trinajstić information content (AvgIpc) is 3.20. The molecule has 0 bridgehead atoms. The van der Waals surface area contributed by atoms with E-state index in [4.69, 9.17) is 15.2 Å². The number of Topliss-reactive ketones (excluding diaryl/α,β-unsaturated/α-hetero) is 1. The van der Waals surface area contributed by atoms with Gasteiger partial charge < -0.3 is 25.1 Å². The number of carbonyl (C=O) groups excluding carboxylic acids is 2. The van der Waals surface area contributed by atoms with Crippen molar-refractivity contribution in [3.8, 4) is 5.69 Å². The first-order valence-corrected chi connectivity index (χ1v) is 14.1. The molecule has 1 amide bonds. The number of nitrogens with zero attached hydrogens (tertiary/aromatic N) is 2. The lowest BCUT2D eigenvalue weighted by molar-refractivity contribution is -0.00919. The van der Waals surface area contributed by atoms with Crippen molar-refractivity contribution < 1.29 is 19.1 Å². The average molecular weight is 523 g/mol. The zero-order valence-electron chi connectivity index (χ0n) is 23.1. The Hall–Kier alpha value is -2.68. The van der Waals surface area contributed by atoms with Crippen molar-refractivity contribution >= 4 is 17.4 Å². The lowest BCUT2D eigenvalue weighted by atomic mass is 9.75. The van der Waals surface area contributed by atoms with E-state index in [1.54, 1.807) is 6.07 Å². The van der Waals surface area contributed by atoms with Crippen LogP contribution in [0.3, 0.4) is 0 Å². The number of fused-ring (bicyclic) bond motifs is 1. The summed E-state index contributed by atoms with van der Waals surface area (Å²) in [6, 6.07) is 5.99. The molecule has 1 saturated heterocycles. The first kappa shape index (κ1) is 26.9. The molecular formula is C30H42N4O4. The molecule has 8 nitrogen and oxygen atoms in total. The standard InChI is InChI=1S/C30H42N4O4/c1-20-19-34(26-17-30(2,3)18-27(35)28(20)26)22-6-9-24(29(31)36)25(16-22)32-21-4-7-23(8-5-21)38-15-12-33-10-13-37-14-11-33/h6,9,16,19,21,23,32H,4-5,7-8,10-15,17-18H2,1-3H3,(H2,31,36)/t21-,23-. The van der Waals surface area contributed by atoms with Crippen molar-refractivity contribution in [2.24, 2.45) is 11.1 Å². The minimum atomic E-state index is -0.443. The predicted octanol–water partition coefficient (Wildman–Crippen LogP) is 4.11. The predicted molar refractivity (Wildman–Crippen MR) is 148 cm³/mol. The van der Waals surface area contributed by atoms with Crippen LogP contribution < -0.4 is 11.1 Å². The topological polar surface area (TPSA) is 98.8 Å². The van der Waals surface area contributed by atoms with Crippen molar-refractivity contribution in [2.45, 2.75) is 71.4 Å². The molecule has 1 aliphatic heterocycles. The third kappa shape index (κ3) is 5.98. The number of amides is 1. The van der Waals surface area contributed by atoms with Crippen LogP contribution in [0.5, 0.6) is 0 Å². The van der Waals surface area contributed by atoms with Gasteiger partial charge in [-0.3, -0.25) is 14.5 Å².